The first-order valence-electron chi connectivity index (χ1n) is 5.43. The van der Waals surface area contributed by atoms with Crippen molar-refractivity contribution in [3.63, 3.8) is 0 Å². The fourth-order valence-corrected chi connectivity index (χ4v) is 1.82. The molecule has 3 unspecified atom stereocenters. The fraction of sp³-hybridized carbons (Fsp3) is 1.00. The van der Waals surface area contributed by atoms with E-state index in [1.54, 1.807) is 0 Å². The topological polar surface area (TPSA) is 30.5 Å². The average molecular weight is 223 g/mol. The van der Waals surface area contributed by atoms with Crippen LogP contribution in [-0.2, 0) is 9.47 Å². The van der Waals surface area contributed by atoms with Gasteiger partial charge in [-0.1, -0.05) is 6.92 Å². The lowest BCUT2D eigenvalue weighted by Crippen LogP contribution is -2.60. The first kappa shape index (κ1) is 12.8. The SMILES string of the molecule is CCNC1CC(OCC(F)F)C1OCC. The molecule has 15 heavy (non-hydrogen) atoms. The summed E-state index contributed by atoms with van der Waals surface area (Å²) in [5.74, 6) is 0. The number of hydrogen-bond donors (Lipinski definition) is 1. The summed E-state index contributed by atoms with van der Waals surface area (Å²) in [7, 11) is 0. The molecule has 0 radical (unpaired) electrons. The molecule has 0 aliphatic heterocycles. The molecule has 1 rings (SSSR count). The minimum atomic E-state index is -2.40. The highest BCUT2D eigenvalue weighted by Gasteiger charge is 2.42. The number of likely N-dealkylation sites (N-methyl/N-ethyl adjacent to an activating group) is 1. The molecule has 3 atom stereocenters. The third kappa shape index (κ3) is 3.66. The molecule has 1 saturated carbocycles. The van der Waals surface area contributed by atoms with Gasteiger partial charge < -0.3 is 14.8 Å². The van der Waals surface area contributed by atoms with Gasteiger partial charge in [-0.05, 0) is 19.9 Å². The van der Waals surface area contributed by atoms with Crippen LogP contribution in [0, 0.1) is 0 Å². The predicted octanol–water partition coefficient (Wildman–Crippen LogP) is 1.42. The second-order valence-corrected chi connectivity index (χ2v) is 3.58. The molecule has 0 aromatic heterocycles. The number of ether oxygens (including phenoxy) is 2. The van der Waals surface area contributed by atoms with Gasteiger partial charge in [-0.25, -0.2) is 8.78 Å². The summed E-state index contributed by atoms with van der Waals surface area (Å²) in [5, 5.41) is 3.24. The molecule has 0 aromatic rings. The quantitative estimate of drug-likeness (QED) is 0.708. The van der Waals surface area contributed by atoms with Crippen molar-refractivity contribution in [2.45, 2.75) is 44.9 Å². The van der Waals surface area contributed by atoms with Crippen LogP contribution in [0.25, 0.3) is 0 Å². The van der Waals surface area contributed by atoms with E-state index in [1.165, 1.54) is 0 Å². The van der Waals surface area contributed by atoms with Gasteiger partial charge in [0.1, 0.15) is 6.61 Å². The van der Waals surface area contributed by atoms with Crippen LogP contribution in [0.3, 0.4) is 0 Å². The summed E-state index contributed by atoms with van der Waals surface area (Å²) in [6.07, 6.45) is -1.90. The average Bonchev–Trinajstić information content (AvgIpc) is 2.18. The molecule has 0 heterocycles. The van der Waals surface area contributed by atoms with Crippen molar-refractivity contribution >= 4 is 0 Å². The Morgan fingerprint density at radius 1 is 1.33 bits per heavy atom. The van der Waals surface area contributed by atoms with E-state index in [2.05, 4.69) is 5.32 Å². The minimum absolute atomic E-state index is 0.0753. The zero-order chi connectivity index (χ0) is 11.3. The predicted molar refractivity (Wildman–Crippen MR) is 53.2 cm³/mol. The highest BCUT2D eigenvalue weighted by Crippen LogP contribution is 2.27. The van der Waals surface area contributed by atoms with E-state index < -0.39 is 13.0 Å². The molecule has 0 spiro atoms. The van der Waals surface area contributed by atoms with Gasteiger partial charge in [0.2, 0.25) is 0 Å². The molecular weight excluding hydrogens is 204 g/mol. The van der Waals surface area contributed by atoms with Crippen molar-refractivity contribution in [3.8, 4) is 0 Å². The molecule has 0 amide bonds. The lowest BCUT2D eigenvalue weighted by atomic mass is 9.85. The van der Waals surface area contributed by atoms with Gasteiger partial charge in [-0.3, -0.25) is 0 Å². The molecule has 1 aliphatic carbocycles. The Labute approximate surface area is 89.1 Å². The first-order chi connectivity index (χ1) is 7.19. The van der Waals surface area contributed by atoms with Gasteiger partial charge in [0.15, 0.2) is 0 Å². The van der Waals surface area contributed by atoms with E-state index in [0.29, 0.717) is 6.61 Å². The van der Waals surface area contributed by atoms with Crippen molar-refractivity contribution < 1.29 is 18.3 Å². The Hall–Kier alpha value is -0.260. The third-order valence-electron chi connectivity index (χ3n) is 2.51. The fourth-order valence-electron chi connectivity index (χ4n) is 1.82. The molecule has 1 N–H and O–H groups in total. The standard InChI is InChI=1S/C10H19F2NO2/c1-3-13-7-5-8(10(7)14-4-2)15-6-9(11)12/h7-10,13H,3-6H2,1-2H3. The zero-order valence-electron chi connectivity index (χ0n) is 9.21. The highest BCUT2D eigenvalue weighted by molar-refractivity contribution is 4.97. The van der Waals surface area contributed by atoms with E-state index in [1.807, 2.05) is 13.8 Å². The van der Waals surface area contributed by atoms with Crippen molar-refractivity contribution in [1.29, 1.82) is 0 Å². The lowest BCUT2D eigenvalue weighted by Gasteiger charge is -2.44. The van der Waals surface area contributed by atoms with Gasteiger partial charge in [-0.15, -0.1) is 0 Å². The first-order valence-corrected chi connectivity index (χ1v) is 5.43. The zero-order valence-corrected chi connectivity index (χ0v) is 9.21. The van der Waals surface area contributed by atoms with Crippen LogP contribution in [-0.4, -0.2) is 44.4 Å². The maximum absolute atomic E-state index is 11.9. The Kier molecular flexibility index (Phi) is 5.42. The summed E-state index contributed by atoms with van der Waals surface area (Å²) >= 11 is 0. The Morgan fingerprint density at radius 3 is 2.60 bits per heavy atom. The molecule has 0 saturated heterocycles. The van der Waals surface area contributed by atoms with Crippen LogP contribution < -0.4 is 5.32 Å². The monoisotopic (exact) mass is 223 g/mol. The molecule has 1 fully saturated rings. The second-order valence-electron chi connectivity index (χ2n) is 3.58. The maximum Gasteiger partial charge on any atom is 0.261 e. The molecule has 5 heteroatoms. The van der Waals surface area contributed by atoms with Crippen LogP contribution in [0.2, 0.25) is 0 Å². The van der Waals surface area contributed by atoms with Gasteiger partial charge >= 0.3 is 0 Å². The third-order valence-corrected chi connectivity index (χ3v) is 2.51. The minimum Gasteiger partial charge on any atom is -0.374 e. The van der Waals surface area contributed by atoms with E-state index in [0.717, 1.165) is 13.0 Å². The molecule has 90 valence electrons. The molecule has 3 nitrogen and oxygen atoms in total. The summed E-state index contributed by atoms with van der Waals surface area (Å²) in [6, 6.07) is 0.248. The molecule has 0 aromatic carbocycles. The van der Waals surface area contributed by atoms with Crippen molar-refractivity contribution in [2.75, 3.05) is 19.8 Å². The van der Waals surface area contributed by atoms with Crippen molar-refractivity contribution in [1.82, 2.24) is 5.32 Å². The Balaban J connectivity index is 2.27. The van der Waals surface area contributed by atoms with Crippen LogP contribution in [0.1, 0.15) is 20.3 Å². The Morgan fingerprint density at radius 2 is 2.07 bits per heavy atom. The van der Waals surface area contributed by atoms with Gasteiger partial charge in [0, 0.05) is 12.6 Å². The van der Waals surface area contributed by atoms with Crippen molar-refractivity contribution in [3.05, 3.63) is 0 Å². The van der Waals surface area contributed by atoms with Gasteiger partial charge in [0.05, 0.1) is 12.2 Å². The van der Waals surface area contributed by atoms with Gasteiger partial charge in [-0.2, -0.15) is 0 Å². The Bertz CT molecular complexity index is 181. The maximum atomic E-state index is 11.9. The summed E-state index contributed by atoms with van der Waals surface area (Å²) in [5.41, 5.74) is 0. The summed E-state index contributed by atoms with van der Waals surface area (Å²) in [6.45, 7) is 4.85. The van der Waals surface area contributed by atoms with Crippen molar-refractivity contribution in [2.24, 2.45) is 0 Å². The smallest absolute Gasteiger partial charge is 0.261 e. The van der Waals surface area contributed by atoms with Crippen LogP contribution in [0.15, 0.2) is 0 Å². The van der Waals surface area contributed by atoms with Gasteiger partial charge in [0.25, 0.3) is 6.43 Å². The number of halogens is 2. The highest BCUT2D eigenvalue weighted by atomic mass is 19.3. The molecule has 1 aliphatic rings. The lowest BCUT2D eigenvalue weighted by molar-refractivity contribution is -0.158. The van der Waals surface area contributed by atoms with Crippen LogP contribution in [0.5, 0.6) is 0 Å². The van der Waals surface area contributed by atoms with Crippen LogP contribution in [0.4, 0.5) is 8.78 Å². The van der Waals surface area contributed by atoms with E-state index in [9.17, 15) is 8.78 Å². The summed E-state index contributed by atoms with van der Waals surface area (Å²) in [4.78, 5) is 0. The van der Waals surface area contributed by atoms with E-state index >= 15 is 0 Å². The van der Waals surface area contributed by atoms with E-state index in [-0.39, 0.29) is 18.2 Å². The normalized spacial score (nSPS) is 30.6. The number of rotatable bonds is 7. The second kappa shape index (κ2) is 6.35. The number of nitrogens with one attached hydrogen (secondary N) is 1. The summed E-state index contributed by atoms with van der Waals surface area (Å²) < 4.78 is 34.4. The molecule has 0 bridgehead atoms. The number of hydrogen-bond acceptors (Lipinski definition) is 3. The molecular formula is C10H19F2NO2. The largest absolute Gasteiger partial charge is 0.374 e. The van der Waals surface area contributed by atoms with E-state index in [4.69, 9.17) is 9.47 Å². The number of alkyl halides is 2. The van der Waals surface area contributed by atoms with Crippen LogP contribution >= 0.6 is 0 Å².